The van der Waals surface area contributed by atoms with Crippen LogP contribution in [0.2, 0.25) is 0 Å². The van der Waals surface area contributed by atoms with E-state index in [1.165, 1.54) is 19.3 Å². The maximum Gasteiger partial charge on any atom is 0.223 e. The molecule has 2 heterocycles. The molecule has 1 aromatic rings. The van der Waals surface area contributed by atoms with Crippen molar-refractivity contribution >= 4 is 5.95 Å². The smallest absolute Gasteiger partial charge is 0.223 e. The molecule has 0 radical (unpaired) electrons. The molecule has 16 heavy (non-hydrogen) atoms. The second-order valence-corrected chi connectivity index (χ2v) is 4.50. The first-order valence-electron chi connectivity index (χ1n) is 6.03. The van der Waals surface area contributed by atoms with Crippen molar-refractivity contribution in [1.29, 1.82) is 0 Å². The number of aryl methyl sites for hydroxylation is 2. The number of rotatable bonds is 3. The van der Waals surface area contributed by atoms with Crippen LogP contribution in [0.15, 0.2) is 6.07 Å². The molecule has 0 amide bonds. The van der Waals surface area contributed by atoms with Gasteiger partial charge in [-0.3, -0.25) is 0 Å². The SMILES string of the molecule is Cc1cc(C)nc(NC[C@@H]2CCCCN2)n1. The topological polar surface area (TPSA) is 49.8 Å². The van der Waals surface area contributed by atoms with E-state index in [-0.39, 0.29) is 0 Å². The Labute approximate surface area is 96.9 Å². The summed E-state index contributed by atoms with van der Waals surface area (Å²) in [6, 6.07) is 2.56. The molecule has 0 unspecified atom stereocenters. The highest BCUT2D eigenvalue weighted by molar-refractivity contribution is 5.27. The van der Waals surface area contributed by atoms with E-state index >= 15 is 0 Å². The molecule has 2 rings (SSSR count). The number of nitrogens with zero attached hydrogens (tertiary/aromatic N) is 2. The van der Waals surface area contributed by atoms with Gasteiger partial charge in [0.25, 0.3) is 0 Å². The minimum absolute atomic E-state index is 0.568. The number of piperidine rings is 1. The maximum absolute atomic E-state index is 4.37. The van der Waals surface area contributed by atoms with Gasteiger partial charge in [-0.15, -0.1) is 0 Å². The molecule has 1 aliphatic heterocycles. The summed E-state index contributed by atoms with van der Waals surface area (Å²) in [6.07, 6.45) is 3.88. The standard InChI is InChI=1S/C12H20N4/c1-9-7-10(2)16-12(15-9)14-8-11-5-3-4-6-13-11/h7,11,13H,3-6,8H2,1-2H3,(H,14,15,16)/t11-/m0/s1. The van der Waals surface area contributed by atoms with Crippen molar-refractivity contribution in [1.82, 2.24) is 15.3 Å². The summed E-state index contributed by atoms with van der Waals surface area (Å²) in [4.78, 5) is 8.74. The Morgan fingerprint density at radius 3 is 2.69 bits per heavy atom. The van der Waals surface area contributed by atoms with E-state index < -0.39 is 0 Å². The predicted molar refractivity (Wildman–Crippen MR) is 65.6 cm³/mol. The van der Waals surface area contributed by atoms with E-state index in [1.807, 2.05) is 19.9 Å². The fourth-order valence-electron chi connectivity index (χ4n) is 2.12. The Morgan fingerprint density at radius 1 is 1.31 bits per heavy atom. The molecule has 0 saturated carbocycles. The van der Waals surface area contributed by atoms with Crippen molar-refractivity contribution < 1.29 is 0 Å². The van der Waals surface area contributed by atoms with Gasteiger partial charge in [-0.1, -0.05) is 6.42 Å². The van der Waals surface area contributed by atoms with E-state index in [0.717, 1.165) is 30.4 Å². The van der Waals surface area contributed by atoms with Crippen LogP contribution < -0.4 is 10.6 Å². The second kappa shape index (κ2) is 5.25. The molecule has 1 saturated heterocycles. The summed E-state index contributed by atoms with van der Waals surface area (Å²) in [5.41, 5.74) is 2.04. The van der Waals surface area contributed by atoms with Gasteiger partial charge in [-0.2, -0.15) is 0 Å². The van der Waals surface area contributed by atoms with Crippen molar-refractivity contribution in [3.63, 3.8) is 0 Å². The zero-order valence-corrected chi connectivity index (χ0v) is 10.1. The van der Waals surface area contributed by atoms with Gasteiger partial charge in [0.05, 0.1) is 0 Å². The predicted octanol–water partition coefficient (Wildman–Crippen LogP) is 1.65. The lowest BCUT2D eigenvalue weighted by atomic mass is 10.1. The van der Waals surface area contributed by atoms with Gasteiger partial charge >= 0.3 is 0 Å². The zero-order valence-electron chi connectivity index (χ0n) is 10.1. The molecule has 0 aliphatic carbocycles. The lowest BCUT2D eigenvalue weighted by Gasteiger charge is -2.23. The first kappa shape index (κ1) is 11.3. The van der Waals surface area contributed by atoms with Gasteiger partial charge in [0, 0.05) is 24.0 Å². The van der Waals surface area contributed by atoms with Gasteiger partial charge in [0.2, 0.25) is 5.95 Å². The Morgan fingerprint density at radius 2 is 2.06 bits per heavy atom. The molecule has 4 heteroatoms. The number of aromatic nitrogens is 2. The lowest BCUT2D eigenvalue weighted by molar-refractivity contribution is 0.413. The van der Waals surface area contributed by atoms with Crippen LogP contribution in [0.1, 0.15) is 30.7 Å². The summed E-state index contributed by atoms with van der Waals surface area (Å²) in [6.45, 7) is 6.06. The van der Waals surface area contributed by atoms with Crippen LogP contribution in [0, 0.1) is 13.8 Å². The average Bonchev–Trinajstić information content (AvgIpc) is 2.27. The highest BCUT2D eigenvalue weighted by Gasteiger charge is 2.12. The third kappa shape index (κ3) is 3.17. The molecule has 1 aliphatic rings. The van der Waals surface area contributed by atoms with Crippen LogP contribution in [0.3, 0.4) is 0 Å². The highest BCUT2D eigenvalue weighted by atomic mass is 15.1. The van der Waals surface area contributed by atoms with Gasteiger partial charge in [0.1, 0.15) is 0 Å². The maximum atomic E-state index is 4.37. The molecule has 4 nitrogen and oxygen atoms in total. The Balaban J connectivity index is 1.88. The minimum Gasteiger partial charge on any atom is -0.353 e. The number of nitrogens with one attached hydrogen (secondary N) is 2. The zero-order chi connectivity index (χ0) is 11.4. The molecular weight excluding hydrogens is 200 g/mol. The molecule has 1 aromatic heterocycles. The molecule has 0 spiro atoms. The third-order valence-corrected chi connectivity index (χ3v) is 2.90. The summed E-state index contributed by atoms with van der Waals surface area (Å²) in [5.74, 6) is 0.755. The van der Waals surface area contributed by atoms with Gasteiger partial charge in [-0.05, 0) is 39.3 Å². The van der Waals surface area contributed by atoms with E-state index in [1.54, 1.807) is 0 Å². The Kier molecular flexibility index (Phi) is 3.72. The van der Waals surface area contributed by atoms with E-state index in [9.17, 15) is 0 Å². The van der Waals surface area contributed by atoms with Crippen molar-refractivity contribution in [3.05, 3.63) is 17.5 Å². The van der Waals surface area contributed by atoms with Crippen molar-refractivity contribution in [3.8, 4) is 0 Å². The normalized spacial score (nSPS) is 20.8. The lowest BCUT2D eigenvalue weighted by Crippen LogP contribution is -2.39. The van der Waals surface area contributed by atoms with Crippen LogP contribution in [0.4, 0.5) is 5.95 Å². The van der Waals surface area contributed by atoms with E-state index in [2.05, 4.69) is 20.6 Å². The first-order chi connectivity index (χ1) is 7.74. The van der Waals surface area contributed by atoms with Crippen LogP contribution >= 0.6 is 0 Å². The molecular formula is C12H20N4. The van der Waals surface area contributed by atoms with Crippen molar-refractivity contribution in [2.75, 3.05) is 18.4 Å². The number of hydrogen-bond donors (Lipinski definition) is 2. The van der Waals surface area contributed by atoms with Gasteiger partial charge < -0.3 is 10.6 Å². The summed E-state index contributed by atoms with van der Waals surface area (Å²) >= 11 is 0. The minimum atomic E-state index is 0.568. The second-order valence-electron chi connectivity index (χ2n) is 4.50. The molecule has 1 atom stereocenters. The third-order valence-electron chi connectivity index (χ3n) is 2.90. The van der Waals surface area contributed by atoms with Crippen LogP contribution in [-0.2, 0) is 0 Å². The van der Waals surface area contributed by atoms with Crippen LogP contribution in [0.25, 0.3) is 0 Å². The van der Waals surface area contributed by atoms with E-state index in [0.29, 0.717) is 6.04 Å². The fourth-order valence-corrected chi connectivity index (χ4v) is 2.12. The van der Waals surface area contributed by atoms with Gasteiger partial charge in [-0.25, -0.2) is 9.97 Å². The van der Waals surface area contributed by atoms with Crippen molar-refractivity contribution in [2.45, 2.75) is 39.2 Å². The number of anilines is 1. The van der Waals surface area contributed by atoms with E-state index in [4.69, 9.17) is 0 Å². The molecule has 2 N–H and O–H groups in total. The Hall–Kier alpha value is -1.16. The van der Waals surface area contributed by atoms with Crippen LogP contribution in [0.5, 0.6) is 0 Å². The summed E-state index contributed by atoms with van der Waals surface area (Å²) < 4.78 is 0. The number of hydrogen-bond acceptors (Lipinski definition) is 4. The quantitative estimate of drug-likeness (QED) is 0.813. The highest BCUT2D eigenvalue weighted by Crippen LogP contribution is 2.08. The molecule has 0 bridgehead atoms. The summed E-state index contributed by atoms with van der Waals surface area (Å²) in [5, 5.41) is 6.81. The molecule has 1 fully saturated rings. The van der Waals surface area contributed by atoms with Crippen molar-refractivity contribution in [2.24, 2.45) is 0 Å². The average molecular weight is 220 g/mol. The Bertz CT molecular complexity index is 325. The molecule has 88 valence electrons. The van der Waals surface area contributed by atoms with Crippen LogP contribution in [-0.4, -0.2) is 29.1 Å². The first-order valence-corrected chi connectivity index (χ1v) is 6.03. The largest absolute Gasteiger partial charge is 0.353 e. The molecule has 0 aromatic carbocycles. The monoisotopic (exact) mass is 220 g/mol. The van der Waals surface area contributed by atoms with Gasteiger partial charge in [0.15, 0.2) is 0 Å². The fraction of sp³-hybridized carbons (Fsp3) is 0.667. The summed E-state index contributed by atoms with van der Waals surface area (Å²) in [7, 11) is 0.